The van der Waals surface area contributed by atoms with Crippen LogP contribution in [0, 0.1) is 17.8 Å². The molecule has 2 aromatic rings. The van der Waals surface area contributed by atoms with Crippen molar-refractivity contribution in [3.8, 4) is 5.75 Å². The van der Waals surface area contributed by atoms with Gasteiger partial charge in [0, 0.05) is 5.92 Å². The Morgan fingerprint density at radius 2 is 1.50 bits per heavy atom. The number of allylic oxidation sites excluding steroid dienone is 2. The Bertz CT molecular complexity index is 1720. The second-order valence-electron chi connectivity index (χ2n) is 11.9. The number of imide groups is 2. The average Bonchev–Trinajstić information content (AvgIpc) is 3.36. The minimum absolute atomic E-state index is 0.0144. The molecule has 1 N–H and O–H groups in total. The first-order chi connectivity index (χ1) is 22.4. The van der Waals surface area contributed by atoms with Crippen LogP contribution in [0.1, 0.15) is 35.4 Å². The molecule has 48 heavy (non-hydrogen) atoms. The number of fused-ring (bicyclic) bond motifs is 4. The van der Waals surface area contributed by atoms with Crippen molar-refractivity contribution in [1.82, 2.24) is 4.90 Å². The van der Waals surface area contributed by atoms with Crippen molar-refractivity contribution >= 4 is 68.4 Å². The first-order valence-electron chi connectivity index (χ1n) is 14.4. The van der Waals surface area contributed by atoms with Gasteiger partial charge in [0.05, 0.1) is 40.7 Å². The highest BCUT2D eigenvalue weighted by molar-refractivity contribution is 9.09. The average molecular weight is 784 g/mol. The summed E-state index contributed by atoms with van der Waals surface area (Å²) < 4.78 is 87.5. The Kier molecular flexibility index (Phi) is 8.49. The lowest BCUT2D eigenvalue weighted by atomic mass is 9.56. The molecule has 0 aromatic heterocycles. The molecule has 4 aliphatic rings. The zero-order chi connectivity index (χ0) is 35.1. The summed E-state index contributed by atoms with van der Waals surface area (Å²) in [5.74, 6) is -8.24. The highest BCUT2D eigenvalue weighted by Gasteiger charge is 2.76. The summed E-state index contributed by atoms with van der Waals surface area (Å²) >= 11 is 17.4. The predicted octanol–water partition coefficient (Wildman–Crippen LogP) is 6.01. The summed E-state index contributed by atoms with van der Waals surface area (Å²) in [6.45, 7) is -0.276. The fourth-order valence-corrected chi connectivity index (χ4v) is 8.79. The SMILES string of the molecule is O=C1[C@H]2[C@H](CC=C3[C@H]2C[C@@]2(Cl)C(=O)N(CBr)C(=O)[C@@]2(Cl)[C@H]3c2ccc(OCCO)cc2)C(=O)N1c1cc(C(F)(F)F)cc(C(F)(F)F)c1. The van der Waals surface area contributed by atoms with Gasteiger partial charge in [0.2, 0.25) is 11.8 Å². The molecular formula is C31H23BrCl2F6N2O6. The Morgan fingerprint density at radius 3 is 2.04 bits per heavy atom. The van der Waals surface area contributed by atoms with Gasteiger partial charge >= 0.3 is 12.4 Å². The van der Waals surface area contributed by atoms with E-state index in [4.69, 9.17) is 33.0 Å². The van der Waals surface area contributed by atoms with Crippen molar-refractivity contribution in [1.29, 1.82) is 0 Å². The van der Waals surface area contributed by atoms with Crippen molar-refractivity contribution in [3.63, 3.8) is 0 Å². The summed E-state index contributed by atoms with van der Waals surface area (Å²) in [4.78, 5) is 52.2. The Hall–Kier alpha value is -3.14. The smallest absolute Gasteiger partial charge is 0.416 e. The van der Waals surface area contributed by atoms with E-state index in [2.05, 4.69) is 15.9 Å². The van der Waals surface area contributed by atoms with Crippen molar-refractivity contribution in [2.75, 3.05) is 23.6 Å². The molecule has 2 heterocycles. The molecule has 2 aliphatic heterocycles. The van der Waals surface area contributed by atoms with Crippen molar-refractivity contribution in [3.05, 3.63) is 70.8 Å². The molecule has 8 nitrogen and oxygen atoms in total. The monoisotopic (exact) mass is 782 g/mol. The topological polar surface area (TPSA) is 104 Å². The van der Waals surface area contributed by atoms with Crippen LogP contribution in [-0.2, 0) is 31.5 Å². The number of hydrogen-bond donors (Lipinski definition) is 1. The van der Waals surface area contributed by atoms with Gasteiger partial charge in [0.15, 0.2) is 9.75 Å². The molecule has 17 heteroatoms. The lowest BCUT2D eigenvalue weighted by molar-refractivity contribution is -0.143. The number of nitrogens with zero attached hydrogens (tertiary/aromatic N) is 2. The maximum atomic E-state index is 14.1. The van der Waals surface area contributed by atoms with Crippen LogP contribution in [0.4, 0.5) is 32.0 Å². The zero-order valence-corrected chi connectivity index (χ0v) is 27.3. The van der Waals surface area contributed by atoms with Crippen LogP contribution >= 0.6 is 39.1 Å². The highest BCUT2D eigenvalue weighted by Crippen LogP contribution is 2.65. The van der Waals surface area contributed by atoms with Crippen LogP contribution in [0.3, 0.4) is 0 Å². The van der Waals surface area contributed by atoms with Crippen molar-refractivity contribution in [2.24, 2.45) is 17.8 Å². The van der Waals surface area contributed by atoms with Gasteiger partial charge in [-0.05, 0) is 54.7 Å². The number of likely N-dealkylation sites (tertiary alicyclic amines) is 1. The van der Waals surface area contributed by atoms with Gasteiger partial charge in [-0.3, -0.25) is 24.1 Å². The van der Waals surface area contributed by atoms with Crippen molar-refractivity contribution in [2.45, 2.75) is 40.9 Å². The van der Waals surface area contributed by atoms with E-state index >= 15 is 0 Å². The second-order valence-corrected chi connectivity index (χ2v) is 13.6. The second kappa shape index (κ2) is 11.7. The van der Waals surface area contributed by atoms with E-state index in [1.54, 1.807) is 18.2 Å². The van der Waals surface area contributed by atoms with Crippen LogP contribution < -0.4 is 9.64 Å². The van der Waals surface area contributed by atoms with E-state index in [9.17, 15) is 45.5 Å². The molecule has 6 rings (SSSR count). The molecule has 0 radical (unpaired) electrons. The van der Waals surface area contributed by atoms with Crippen LogP contribution in [-0.4, -0.2) is 62.1 Å². The molecule has 0 spiro atoms. The number of ether oxygens (including phenoxy) is 1. The standard InChI is InChI=1S/C31H23BrCl2F6N2O6/c32-13-41-26(46)28(33)12-21-19(23(29(28,34)27(41)47)14-1-3-18(4-2-14)48-8-7-43)5-6-20-22(21)25(45)42(24(20)44)17-10-15(30(35,36)37)9-16(11-17)31(38,39)40/h1-5,9-11,20-23,43H,6-8,12-13H2/t20-,21+,22-,23-,28+,29-/m0/s1. The first kappa shape index (κ1) is 34.7. The number of anilines is 1. The third kappa shape index (κ3) is 5.06. The minimum Gasteiger partial charge on any atom is -0.491 e. The number of rotatable bonds is 6. The quantitative estimate of drug-likeness (QED) is 0.127. The maximum Gasteiger partial charge on any atom is 0.416 e. The number of halogens is 9. The first-order valence-corrected chi connectivity index (χ1v) is 16.3. The summed E-state index contributed by atoms with van der Waals surface area (Å²) in [6, 6.07) is 6.66. The highest BCUT2D eigenvalue weighted by atomic mass is 79.9. The van der Waals surface area contributed by atoms with Crippen LogP contribution in [0.15, 0.2) is 54.1 Å². The third-order valence-electron chi connectivity index (χ3n) is 9.42. The zero-order valence-electron chi connectivity index (χ0n) is 24.2. The molecule has 2 aliphatic carbocycles. The fraction of sp³-hybridized carbons (Fsp3) is 0.419. The molecule has 2 saturated heterocycles. The molecule has 0 bridgehead atoms. The van der Waals surface area contributed by atoms with Gasteiger partial charge in [0.25, 0.3) is 11.8 Å². The third-order valence-corrected chi connectivity index (χ3v) is 11.3. The van der Waals surface area contributed by atoms with Gasteiger partial charge in [0.1, 0.15) is 12.4 Å². The number of carbonyl (C=O) groups excluding carboxylic acids is 4. The van der Waals surface area contributed by atoms with Crippen LogP contribution in [0.2, 0.25) is 0 Å². The maximum absolute atomic E-state index is 14.1. The number of amides is 4. The van der Waals surface area contributed by atoms with E-state index in [1.807, 2.05) is 0 Å². The summed E-state index contributed by atoms with van der Waals surface area (Å²) in [5, 5.41) is 9.09. The number of alkyl halides is 9. The van der Waals surface area contributed by atoms with Crippen LogP contribution in [0.25, 0.3) is 0 Å². The Balaban J connectivity index is 1.47. The number of benzene rings is 2. The minimum atomic E-state index is -5.23. The van der Waals surface area contributed by atoms with E-state index in [-0.39, 0.29) is 31.2 Å². The fourth-order valence-electron chi connectivity index (χ4n) is 7.37. The largest absolute Gasteiger partial charge is 0.491 e. The molecule has 1 saturated carbocycles. The summed E-state index contributed by atoms with van der Waals surface area (Å²) in [7, 11) is 0. The van der Waals surface area contributed by atoms with Crippen molar-refractivity contribution < 1.29 is 55.4 Å². The lowest BCUT2D eigenvalue weighted by Crippen LogP contribution is -2.60. The normalized spacial score (nSPS) is 30.3. The molecule has 6 atom stereocenters. The lowest BCUT2D eigenvalue weighted by Gasteiger charge is -2.50. The van der Waals surface area contributed by atoms with Gasteiger partial charge in [-0.1, -0.05) is 39.7 Å². The number of carbonyl (C=O) groups is 4. The summed E-state index contributed by atoms with van der Waals surface area (Å²) in [5.41, 5.74) is -3.85. The number of aliphatic hydroxyl groups excluding tert-OH is 1. The Labute approximate surface area is 286 Å². The van der Waals surface area contributed by atoms with Gasteiger partial charge in [-0.15, -0.1) is 23.2 Å². The molecular weight excluding hydrogens is 761 g/mol. The predicted molar refractivity (Wildman–Crippen MR) is 161 cm³/mol. The number of hydrogen-bond acceptors (Lipinski definition) is 6. The summed E-state index contributed by atoms with van der Waals surface area (Å²) in [6.07, 6.45) is -9.49. The molecule has 0 unspecified atom stereocenters. The van der Waals surface area contributed by atoms with E-state index < -0.39 is 92.6 Å². The van der Waals surface area contributed by atoms with E-state index in [0.29, 0.717) is 33.9 Å². The molecule has 2 aromatic carbocycles. The molecule has 4 amide bonds. The van der Waals surface area contributed by atoms with E-state index in [1.165, 1.54) is 12.1 Å². The number of aliphatic hydroxyl groups is 1. The van der Waals surface area contributed by atoms with Gasteiger partial charge in [-0.2, -0.15) is 26.3 Å². The molecule has 3 fully saturated rings. The van der Waals surface area contributed by atoms with Gasteiger partial charge < -0.3 is 9.84 Å². The molecule has 256 valence electrons. The van der Waals surface area contributed by atoms with Gasteiger partial charge in [-0.25, -0.2) is 4.90 Å². The Morgan fingerprint density at radius 1 is 0.896 bits per heavy atom. The van der Waals surface area contributed by atoms with E-state index in [0.717, 1.165) is 4.90 Å². The van der Waals surface area contributed by atoms with Crippen LogP contribution in [0.5, 0.6) is 5.75 Å².